The van der Waals surface area contributed by atoms with Crippen molar-refractivity contribution in [2.75, 3.05) is 7.11 Å². The Morgan fingerprint density at radius 1 is 1.06 bits per heavy atom. The molecule has 0 fully saturated rings. The molecule has 7 heteroatoms. The van der Waals surface area contributed by atoms with Gasteiger partial charge in [0.2, 0.25) is 5.78 Å². The fourth-order valence-corrected chi connectivity index (χ4v) is 3.20. The van der Waals surface area contributed by atoms with Crippen molar-refractivity contribution in [1.82, 2.24) is 0 Å². The SMILES string of the molecule is COc1ccccc1/C=C/C=C1\Oc2cc(OCc3ccc([N+](=O)[O-])cc3)ccc2C1=O. The third-order valence-corrected chi connectivity index (χ3v) is 4.86. The number of nitro benzene ring substituents is 1. The van der Waals surface area contributed by atoms with E-state index in [0.717, 1.165) is 16.9 Å². The van der Waals surface area contributed by atoms with Gasteiger partial charge < -0.3 is 14.2 Å². The molecule has 1 heterocycles. The Bertz CT molecular complexity index is 1230. The lowest BCUT2D eigenvalue weighted by Gasteiger charge is -2.07. The van der Waals surface area contributed by atoms with Crippen LogP contribution in [0.1, 0.15) is 21.5 Å². The van der Waals surface area contributed by atoms with Gasteiger partial charge in [0.25, 0.3) is 5.69 Å². The zero-order valence-corrected chi connectivity index (χ0v) is 17.2. The van der Waals surface area contributed by atoms with E-state index < -0.39 is 4.92 Å². The minimum Gasteiger partial charge on any atom is -0.496 e. The van der Waals surface area contributed by atoms with E-state index >= 15 is 0 Å². The van der Waals surface area contributed by atoms with Crippen LogP contribution in [0.5, 0.6) is 17.2 Å². The van der Waals surface area contributed by atoms with Gasteiger partial charge in [-0.05, 0) is 42.0 Å². The van der Waals surface area contributed by atoms with Crippen molar-refractivity contribution in [1.29, 1.82) is 0 Å². The molecule has 0 radical (unpaired) electrons. The summed E-state index contributed by atoms with van der Waals surface area (Å²) in [5.74, 6) is 1.71. The van der Waals surface area contributed by atoms with Crippen molar-refractivity contribution < 1.29 is 23.9 Å². The van der Waals surface area contributed by atoms with Gasteiger partial charge in [-0.15, -0.1) is 0 Å². The van der Waals surface area contributed by atoms with E-state index in [1.807, 2.05) is 30.3 Å². The lowest BCUT2D eigenvalue weighted by molar-refractivity contribution is -0.384. The molecule has 1 aliphatic heterocycles. The van der Waals surface area contributed by atoms with Gasteiger partial charge in [-0.1, -0.05) is 30.4 Å². The van der Waals surface area contributed by atoms with Gasteiger partial charge in [0, 0.05) is 23.8 Å². The summed E-state index contributed by atoms with van der Waals surface area (Å²) in [4.78, 5) is 22.9. The van der Waals surface area contributed by atoms with Gasteiger partial charge in [-0.2, -0.15) is 0 Å². The number of rotatable bonds is 7. The number of ether oxygens (including phenoxy) is 3. The Kier molecular flexibility index (Phi) is 5.98. The summed E-state index contributed by atoms with van der Waals surface area (Å²) >= 11 is 0. The van der Waals surface area contributed by atoms with Crippen LogP contribution in [-0.2, 0) is 6.61 Å². The summed E-state index contributed by atoms with van der Waals surface area (Å²) in [6, 6.07) is 18.7. The van der Waals surface area contributed by atoms with Gasteiger partial charge in [0.1, 0.15) is 23.9 Å². The lowest BCUT2D eigenvalue weighted by Crippen LogP contribution is -1.97. The number of carbonyl (C=O) groups is 1. The number of ketones is 1. The summed E-state index contributed by atoms with van der Waals surface area (Å²) in [7, 11) is 1.60. The number of benzene rings is 3. The Labute approximate surface area is 184 Å². The Morgan fingerprint density at radius 3 is 2.59 bits per heavy atom. The van der Waals surface area contributed by atoms with E-state index in [4.69, 9.17) is 14.2 Å². The molecular weight excluding hydrogens is 410 g/mol. The number of non-ortho nitro benzene ring substituents is 1. The molecule has 3 aromatic rings. The maximum absolute atomic E-state index is 12.6. The molecule has 0 unspecified atom stereocenters. The monoisotopic (exact) mass is 429 g/mol. The zero-order valence-electron chi connectivity index (χ0n) is 17.2. The third kappa shape index (κ3) is 4.52. The average molecular weight is 429 g/mol. The summed E-state index contributed by atoms with van der Waals surface area (Å²) in [6.45, 7) is 0.231. The number of allylic oxidation sites excluding steroid dienone is 3. The molecule has 0 aromatic heterocycles. The number of hydrogen-bond donors (Lipinski definition) is 0. The molecule has 32 heavy (non-hydrogen) atoms. The topological polar surface area (TPSA) is 87.9 Å². The minimum absolute atomic E-state index is 0.0252. The summed E-state index contributed by atoms with van der Waals surface area (Å²) in [5.41, 5.74) is 2.16. The molecule has 0 amide bonds. The van der Waals surface area contributed by atoms with E-state index in [0.29, 0.717) is 17.1 Å². The quantitative estimate of drug-likeness (QED) is 0.286. The first-order valence-electron chi connectivity index (χ1n) is 9.79. The van der Waals surface area contributed by atoms with Crippen molar-refractivity contribution in [3.63, 3.8) is 0 Å². The van der Waals surface area contributed by atoms with Crippen LogP contribution in [0.4, 0.5) is 5.69 Å². The van der Waals surface area contributed by atoms with E-state index in [9.17, 15) is 14.9 Å². The van der Waals surface area contributed by atoms with Crippen LogP contribution in [0.15, 0.2) is 84.6 Å². The van der Waals surface area contributed by atoms with Crippen LogP contribution >= 0.6 is 0 Å². The minimum atomic E-state index is -0.448. The average Bonchev–Trinajstić information content (AvgIpc) is 3.13. The van der Waals surface area contributed by atoms with E-state index in [1.165, 1.54) is 12.1 Å². The zero-order chi connectivity index (χ0) is 22.5. The van der Waals surface area contributed by atoms with E-state index in [2.05, 4.69) is 0 Å². The highest BCUT2D eigenvalue weighted by Crippen LogP contribution is 2.34. The summed E-state index contributed by atoms with van der Waals surface area (Å²) in [6.07, 6.45) is 5.19. The van der Waals surface area contributed by atoms with Crippen LogP contribution < -0.4 is 14.2 Å². The number of carbonyl (C=O) groups excluding carboxylic acids is 1. The third-order valence-electron chi connectivity index (χ3n) is 4.86. The lowest BCUT2D eigenvalue weighted by atomic mass is 10.1. The van der Waals surface area contributed by atoms with Gasteiger partial charge in [0.05, 0.1) is 17.6 Å². The van der Waals surface area contributed by atoms with Crippen LogP contribution in [0.3, 0.4) is 0 Å². The van der Waals surface area contributed by atoms with Gasteiger partial charge >= 0.3 is 0 Å². The van der Waals surface area contributed by atoms with Crippen LogP contribution in [0.2, 0.25) is 0 Å². The second-order valence-electron chi connectivity index (χ2n) is 6.93. The van der Waals surface area contributed by atoms with Crippen LogP contribution in [0, 0.1) is 10.1 Å². The predicted octanol–water partition coefficient (Wildman–Crippen LogP) is 5.35. The van der Waals surface area contributed by atoms with Crippen molar-refractivity contribution in [2.45, 2.75) is 6.61 Å². The Balaban J connectivity index is 1.43. The number of Topliss-reactive ketones (excluding diaryl/α,β-unsaturated/α-hetero) is 1. The molecule has 0 bridgehead atoms. The molecule has 3 aromatic carbocycles. The van der Waals surface area contributed by atoms with Crippen LogP contribution in [0.25, 0.3) is 6.08 Å². The Morgan fingerprint density at radius 2 is 1.84 bits per heavy atom. The largest absolute Gasteiger partial charge is 0.496 e. The molecule has 4 rings (SSSR count). The van der Waals surface area contributed by atoms with Gasteiger partial charge in [-0.3, -0.25) is 14.9 Å². The molecule has 0 atom stereocenters. The molecule has 0 saturated carbocycles. The Hall–Kier alpha value is -4.39. The van der Waals surface area contributed by atoms with E-state index in [1.54, 1.807) is 49.6 Å². The molecular formula is C25H19NO6. The summed E-state index contributed by atoms with van der Waals surface area (Å²) in [5, 5.41) is 10.7. The number of para-hydroxylation sites is 1. The van der Waals surface area contributed by atoms with Crippen molar-refractivity contribution in [3.05, 3.63) is 111 Å². The maximum Gasteiger partial charge on any atom is 0.269 e. The van der Waals surface area contributed by atoms with Gasteiger partial charge in [-0.25, -0.2) is 0 Å². The number of fused-ring (bicyclic) bond motifs is 1. The maximum atomic E-state index is 12.6. The molecule has 1 aliphatic rings. The highest BCUT2D eigenvalue weighted by Gasteiger charge is 2.27. The van der Waals surface area contributed by atoms with E-state index in [-0.39, 0.29) is 23.8 Å². The van der Waals surface area contributed by atoms with Crippen molar-refractivity contribution in [2.24, 2.45) is 0 Å². The first-order chi connectivity index (χ1) is 15.5. The number of nitro groups is 1. The van der Waals surface area contributed by atoms with Crippen molar-refractivity contribution in [3.8, 4) is 17.2 Å². The fraction of sp³-hybridized carbons (Fsp3) is 0.0800. The van der Waals surface area contributed by atoms with Gasteiger partial charge in [0.15, 0.2) is 5.76 Å². The second kappa shape index (κ2) is 9.18. The smallest absolute Gasteiger partial charge is 0.269 e. The molecule has 0 N–H and O–H groups in total. The molecule has 0 spiro atoms. The molecule has 0 aliphatic carbocycles. The van der Waals surface area contributed by atoms with Crippen molar-refractivity contribution >= 4 is 17.5 Å². The number of hydrogen-bond acceptors (Lipinski definition) is 6. The highest BCUT2D eigenvalue weighted by molar-refractivity contribution is 6.12. The number of nitrogens with zero attached hydrogens (tertiary/aromatic N) is 1. The standard InChI is InChI=1S/C25H19NO6/c1-30-22-7-3-2-5-18(22)6-4-8-23-25(27)21-14-13-20(15-24(21)32-23)31-16-17-9-11-19(12-10-17)26(28)29/h2-15H,16H2,1H3/b6-4+,23-8-. The summed E-state index contributed by atoms with van der Waals surface area (Å²) < 4.78 is 16.8. The molecule has 7 nitrogen and oxygen atoms in total. The predicted molar refractivity (Wildman–Crippen MR) is 119 cm³/mol. The second-order valence-corrected chi connectivity index (χ2v) is 6.93. The first kappa shape index (κ1) is 20.9. The highest BCUT2D eigenvalue weighted by atomic mass is 16.6. The normalized spacial score (nSPS) is 13.8. The van der Waals surface area contributed by atoms with Crippen LogP contribution in [-0.4, -0.2) is 17.8 Å². The number of methoxy groups -OCH3 is 1. The fourth-order valence-electron chi connectivity index (χ4n) is 3.20. The molecule has 160 valence electrons. The molecule has 0 saturated heterocycles. The first-order valence-corrected chi connectivity index (χ1v) is 9.79.